The van der Waals surface area contributed by atoms with Crippen LogP contribution in [-0.4, -0.2) is 18.5 Å². The fraction of sp³-hybridized carbons (Fsp3) is 0.368. The van der Waals surface area contributed by atoms with Crippen LogP contribution >= 0.6 is 0 Å². The molecule has 1 unspecified atom stereocenters. The van der Waals surface area contributed by atoms with Gasteiger partial charge in [0.05, 0.1) is 0 Å². The summed E-state index contributed by atoms with van der Waals surface area (Å²) < 4.78 is 98.5. The van der Waals surface area contributed by atoms with Crippen molar-refractivity contribution in [2.75, 3.05) is 0 Å². The quantitative estimate of drug-likeness (QED) is 0.481. The highest BCUT2D eigenvalue weighted by Crippen LogP contribution is 2.37. The van der Waals surface area contributed by atoms with Crippen LogP contribution in [0.5, 0.6) is 11.5 Å². The highest BCUT2D eigenvalue weighted by molar-refractivity contribution is 5.31. The molecule has 2 rings (SSSR count). The summed E-state index contributed by atoms with van der Waals surface area (Å²) in [5.74, 6) is -2.07. The molecule has 0 aliphatic rings. The Morgan fingerprint density at radius 1 is 0.929 bits per heavy atom. The van der Waals surface area contributed by atoms with Crippen molar-refractivity contribution in [2.45, 2.75) is 44.8 Å². The first kappa shape index (κ1) is 21.8. The fourth-order valence-electron chi connectivity index (χ4n) is 2.31. The molecule has 2 nitrogen and oxygen atoms in total. The number of hydrogen-bond donors (Lipinski definition) is 0. The molecule has 0 spiro atoms. The first-order valence-electron chi connectivity index (χ1n) is 8.30. The van der Waals surface area contributed by atoms with Gasteiger partial charge in [-0.05, 0) is 41.8 Å². The topological polar surface area (TPSA) is 18.5 Å². The van der Waals surface area contributed by atoms with Crippen molar-refractivity contribution < 1.29 is 40.2 Å². The van der Waals surface area contributed by atoms with E-state index in [1.54, 1.807) is 12.1 Å². The third-order valence-electron chi connectivity index (χ3n) is 3.69. The maximum atomic E-state index is 13.9. The van der Waals surface area contributed by atoms with Crippen LogP contribution < -0.4 is 9.47 Å². The molecule has 0 N–H and O–H groups in total. The minimum absolute atomic E-state index is 0.116. The molecule has 0 fully saturated rings. The Balaban J connectivity index is 2.01. The van der Waals surface area contributed by atoms with Gasteiger partial charge >= 0.3 is 12.3 Å². The molecule has 9 heteroatoms. The van der Waals surface area contributed by atoms with Crippen LogP contribution in [-0.2, 0) is 13.0 Å². The van der Waals surface area contributed by atoms with Crippen LogP contribution in [0.1, 0.15) is 24.5 Å². The smallest absolute Gasteiger partial charge is 0.439 e. The van der Waals surface area contributed by atoms with E-state index < -0.39 is 30.0 Å². The monoisotopic (exact) mass is 410 g/mol. The van der Waals surface area contributed by atoms with Crippen molar-refractivity contribution in [1.82, 2.24) is 0 Å². The normalized spacial score (nSPS) is 13.3. The summed E-state index contributed by atoms with van der Waals surface area (Å²) >= 11 is 0. The van der Waals surface area contributed by atoms with Crippen LogP contribution in [0.2, 0.25) is 0 Å². The van der Waals surface area contributed by atoms with E-state index in [-0.39, 0.29) is 12.2 Å². The van der Waals surface area contributed by atoms with Crippen LogP contribution in [0.4, 0.5) is 30.7 Å². The molecule has 0 saturated heterocycles. The number of halogens is 7. The van der Waals surface area contributed by atoms with Crippen LogP contribution in [0.15, 0.2) is 42.5 Å². The van der Waals surface area contributed by atoms with Gasteiger partial charge in [0.15, 0.2) is 11.6 Å². The average Bonchev–Trinajstić information content (AvgIpc) is 2.62. The highest BCUT2D eigenvalue weighted by atomic mass is 19.4. The van der Waals surface area contributed by atoms with Gasteiger partial charge < -0.3 is 9.47 Å². The van der Waals surface area contributed by atoms with E-state index in [1.165, 1.54) is 0 Å². The predicted molar refractivity (Wildman–Crippen MR) is 87.7 cm³/mol. The van der Waals surface area contributed by atoms with Gasteiger partial charge in [-0.2, -0.15) is 22.0 Å². The molecule has 0 aliphatic heterocycles. The van der Waals surface area contributed by atoms with Crippen molar-refractivity contribution in [3.63, 3.8) is 0 Å². The molecular formula is C19H17F7O2. The average molecular weight is 410 g/mol. The van der Waals surface area contributed by atoms with E-state index in [2.05, 4.69) is 4.74 Å². The highest BCUT2D eigenvalue weighted by Gasteiger charge is 2.59. The molecule has 1 atom stereocenters. The summed E-state index contributed by atoms with van der Waals surface area (Å²) in [4.78, 5) is 0. The van der Waals surface area contributed by atoms with Crippen molar-refractivity contribution in [3.8, 4) is 11.5 Å². The number of hydrogen-bond acceptors (Lipinski definition) is 2. The Kier molecular flexibility index (Phi) is 6.79. The van der Waals surface area contributed by atoms with Crippen LogP contribution in [0, 0.1) is 5.82 Å². The van der Waals surface area contributed by atoms with E-state index in [9.17, 15) is 30.7 Å². The molecule has 0 aromatic heterocycles. The number of alkyl halides is 6. The summed E-state index contributed by atoms with van der Waals surface area (Å²) in [6, 6.07) is 9.75. The van der Waals surface area contributed by atoms with E-state index in [1.807, 2.05) is 19.1 Å². The third kappa shape index (κ3) is 5.77. The number of aryl methyl sites for hydroxylation is 1. The van der Waals surface area contributed by atoms with Crippen molar-refractivity contribution in [2.24, 2.45) is 0 Å². The van der Waals surface area contributed by atoms with Gasteiger partial charge in [0.1, 0.15) is 12.4 Å². The minimum atomic E-state index is -5.85. The molecule has 0 amide bonds. The molecule has 2 aromatic rings. The van der Waals surface area contributed by atoms with Gasteiger partial charge in [0.25, 0.3) is 6.17 Å². The third-order valence-corrected chi connectivity index (χ3v) is 3.69. The molecule has 0 aliphatic carbocycles. The molecule has 28 heavy (non-hydrogen) atoms. The van der Waals surface area contributed by atoms with Gasteiger partial charge in [-0.15, -0.1) is 0 Å². The molecule has 0 radical (unpaired) electrons. The molecule has 0 heterocycles. The van der Waals surface area contributed by atoms with Crippen LogP contribution in [0.25, 0.3) is 0 Å². The summed E-state index contributed by atoms with van der Waals surface area (Å²) in [7, 11) is 0. The maximum absolute atomic E-state index is 13.9. The largest absolute Gasteiger partial charge is 0.489 e. The van der Waals surface area contributed by atoms with E-state index in [4.69, 9.17) is 4.74 Å². The van der Waals surface area contributed by atoms with Gasteiger partial charge in [0.2, 0.25) is 0 Å². The number of benzene rings is 2. The Labute approximate surface area is 156 Å². The molecular weight excluding hydrogens is 393 g/mol. The summed E-state index contributed by atoms with van der Waals surface area (Å²) in [6.07, 6.45) is -13.8. The van der Waals surface area contributed by atoms with Gasteiger partial charge in [-0.3, -0.25) is 0 Å². The Morgan fingerprint density at radius 3 is 2.07 bits per heavy atom. The summed E-state index contributed by atoms with van der Waals surface area (Å²) in [5, 5.41) is 0. The zero-order valence-electron chi connectivity index (χ0n) is 14.7. The van der Waals surface area contributed by atoms with Gasteiger partial charge in [-0.25, -0.2) is 8.78 Å². The zero-order chi connectivity index (χ0) is 20.9. The Bertz CT molecular complexity index is 773. The molecule has 0 bridgehead atoms. The number of ether oxygens (including phenoxy) is 2. The lowest BCUT2D eigenvalue weighted by molar-refractivity contribution is -0.305. The van der Waals surface area contributed by atoms with Gasteiger partial charge in [0, 0.05) is 0 Å². The van der Waals surface area contributed by atoms with Crippen molar-refractivity contribution >= 4 is 0 Å². The second-order valence-electron chi connectivity index (χ2n) is 6.02. The lowest BCUT2D eigenvalue weighted by Gasteiger charge is -2.23. The van der Waals surface area contributed by atoms with Crippen molar-refractivity contribution in [1.29, 1.82) is 0 Å². The first-order valence-corrected chi connectivity index (χ1v) is 8.30. The summed E-state index contributed by atoms with van der Waals surface area (Å²) in [6.45, 7) is 1.92. The Morgan fingerprint density at radius 2 is 1.54 bits per heavy atom. The molecule has 2 aromatic carbocycles. The molecule has 0 saturated carbocycles. The Hall–Kier alpha value is -2.45. The molecule has 154 valence electrons. The first-order chi connectivity index (χ1) is 13.0. The SMILES string of the molecule is CCCc1ccc(OCc2ccc(OC(F)(F)C(F)C(F)(F)F)c(F)c2)cc1. The fourth-order valence-corrected chi connectivity index (χ4v) is 2.31. The maximum Gasteiger partial charge on any atom is 0.439 e. The second kappa shape index (κ2) is 8.70. The summed E-state index contributed by atoms with van der Waals surface area (Å²) in [5.41, 5.74) is 1.34. The van der Waals surface area contributed by atoms with Crippen LogP contribution in [0.3, 0.4) is 0 Å². The van der Waals surface area contributed by atoms with E-state index >= 15 is 0 Å². The zero-order valence-corrected chi connectivity index (χ0v) is 14.7. The number of rotatable bonds is 8. The van der Waals surface area contributed by atoms with Gasteiger partial charge in [-0.1, -0.05) is 31.5 Å². The second-order valence-corrected chi connectivity index (χ2v) is 6.02. The van der Waals surface area contributed by atoms with E-state index in [0.717, 1.165) is 30.5 Å². The predicted octanol–water partition coefficient (Wildman–Crippen LogP) is 6.23. The van der Waals surface area contributed by atoms with Crippen molar-refractivity contribution in [3.05, 3.63) is 59.4 Å². The lowest BCUT2D eigenvalue weighted by Crippen LogP contribution is -2.45. The standard InChI is InChI=1S/C19H17F7O2/c1-2-3-12-4-7-14(8-5-12)27-11-13-6-9-16(15(20)10-13)28-19(25,26)17(21)18(22,23)24/h4-10,17H,2-3,11H2,1H3. The minimum Gasteiger partial charge on any atom is -0.489 e. The lowest BCUT2D eigenvalue weighted by atomic mass is 10.1. The van der Waals surface area contributed by atoms with E-state index in [0.29, 0.717) is 11.8 Å².